The van der Waals surface area contributed by atoms with E-state index in [9.17, 15) is 13.9 Å². The van der Waals surface area contributed by atoms with Gasteiger partial charge < -0.3 is 14.4 Å². The third-order valence-corrected chi connectivity index (χ3v) is 2.63. The molecule has 7 heteroatoms. The van der Waals surface area contributed by atoms with E-state index in [0.29, 0.717) is 29.3 Å². The summed E-state index contributed by atoms with van der Waals surface area (Å²) in [5.41, 5.74) is 1.38. The van der Waals surface area contributed by atoms with Gasteiger partial charge in [0.1, 0.15) is 12.4 Å². The van der Waals surface area contributed by atoms with Crippen molar-refractivity contribution in [3.8, 4) is 17.2 Å². The number of aromatic nitrogens is 2. The van der Waals surface area contributed by atoms with E-state index in [0.717, 1.165) is 0 Å². The van der Waals surface area contributed by atoms with Crippen LogP contribution in [0.25, 0.3) is 11.5 Å². The fraction of sp³-hybridized carbons (Fsp3) is 0.385. The van der Waals surface area contributed by atoms with E-state index in [1.54, 1.807) is 25.1 Å². The molecule has 0 aliphatic carbocycles. The second-order valence-corrected chi connectivity index (χ2v) is 4.23. The van der Waals surface area contributed by atoms with Gasteiger partial charge in [-0.3, -0.25) is 0 Å². The summed E-state index contributed by atoms with van der Waals surface area (Å²) in [5.74, 6) is 0.894. The smallest absolute Gasteiger partial charge is 0.261 e. The molecule has 2 aromatic rings. The van der Waals surface area contributed by atoms with Crippen LogP contribution in [-0.4, -0.2) is 34.9 Å². The Morgan fingerprint density at radius 1 is 1.40 bits per heavy atom. The van der Waals surface area contributed by atoms with Gasteiger partial charge in [-0.15, -0.1) is 0 Å². The van der Waals surface area contributed by atoms with Crippen molar-refractivity contribution in [2.24, 2.45) is 0 Å². The van der Waals surface area contributed by atoms with Crippen molar-refractivity contribution >= 4 is 0 Å². The SMILES string of the molecule is Cc1cc(-c2nc(CCOCC(F)F)no2)ccc1O. The number of aryl methyl sites for hydroxylation is 1. The molecule has 20 heavy (non-hydrogen) atoms. The number of ether oxygens (including phenoxy) is 1. The van der Waals surface area contributed by atoms with Crippen LogP contribution in [0.5, 0.6) is 5.75 Å². The Kier molecular flexibility index (Phi) is 4.62. The zero-order valence-corrected chi connectivity index (χ0v) is 10.8. The van der Waals surface area contributed by atoms with Crippen molar-refractivity contribution < 1.29 is 23.1 Å². The lowest BCUT2D eigenvalue weighted by atomic mass is 10.1. The van der Waals surface area contributed by atoms with Crippen molar-refractivity contribution in [3.63, 3.8) is 0 Å². The average Bonchev–Trinajstić information content (AvgIpc) is 2.86. The number of aromatic hydroxyl groups is 1. The Morgan fingerprint density at radius 3 is 2.90 bits per heavy atom. The third kappa shape index (κ3) is 3.74. The maximum atomic E-state index is 11.9. The van der Waals surface area contributed by atoms with Crippen molar-refractivity contribution in [1.29, 1.82) is 0 Å². The number of phenols is 1. The van der Waals surface area contributed by atoms with Crippen LogP contribution in [0.15, 0.2) is 22.7 Å². The predicted octanol–water partition coefficient (Wildman–Crippen LogP) is 2.57. The van der Waals surface area contributed by atoms with E-state index in [1.807, 2.05) is 0 Å². The normalized spacial score (nSPS) is 11.2. The van der Waals surface area contributed by atoms with E-state index in [4.69, 9.17) is 9.26 Å². The molecular weight excluding hydrogens is 270 g/mol. The number of nitrogens with zero attached hydrogens (tertiary/aromatic N) is 2. The minimum absolute atomic E-state index is 0.109. The standard InChI is InChI=1S/C13H14F2N2O3/c1-8-6-9(2-3-10(8)18)13-16-12(17-20-13)4-5-19-7-11(14)15/h2-3,6,11,18H,4-5,7H2,1H3. The second-order valence-electron chi connectivity index (χ2n) is 4.23. The number of phenolic OH excluding ortho intramolecular Hbond substituents is 1. The van der Waals surface area contributed by atoms with Crippen molar-refractivity contribution in [1.82, 2.24) is 10.1 Å². The first-order valence-electron chi connectivity index (χ1n) is 6.04. The molecule has 0 bridgehead atoms. The van der Waals surface area contributed by atoms with Crippen molar-refractivity contribution in [3.05, 3.63) is 29.6 Å². The Bertz CT molecular complexity index is 572. The zero-order valence-electron chi connectivity index (χ0n) is 10.8. The third-order valence-electron chi connectivity index (χ3n) is 2.63. The first-order chi connectivity index (χ1) is 9.56. The van der Waals surface area contributed by atoms with Crippen LogP contribution < -0.4 is 0 Å². The molecule has 1 heterocycles. The molecule has 0 spiro atoms. The van der Waals surface area contributed by atoms with Gasteiger partial charge in [-0.1, -0.05) is 5.16 Å². The lowest BCUT2D eigenvalue weighted by Gasteiger charge is -2.00. The molecular formula is C13H14F2N2O3. The molecule has 0 saturated heterocycles. The molecule has 2 rings (SSSR count). The van der Waals surface area contributed by atoms with Crippen molar-refractivity contribution in [2.45, 2.75) is 19.8 Å². The van der Waals surface area contributed by atoms with Gasteiger partial charge in [-0.05, 0) is 30.7 Å². The van der Waals surface area contributed by atoms with Crippen LogP contribution in [0.2, 0.25) is 0 Å². The summed E-state index contributed by atoms with van der Waals surface area (Å²) >= 11 is 0. The summed E-state index contributed by atoms with van der Waals surface area (Å²) in [5, 5.41) is 13.2. The molecule has 0 aliphatic rings. The van der Waals surface area contributed by atoms with Crippen molar-refractivity contribution in [2.75, 3.05) is 13.2 Å². The van der Waals surface area contributed by atoms with E-state index in [2.05, 4.69) is 10.1 Å². The van der Waals surface area contributed by atoms with E-state index in [1.165, 1.54) is 0 Å². The summed E-state index contributed by atoms with van der Waals surface area (Å²) in [6.07, 6.45) is -2.18. The minimum atomic E-state index is -2.48. The Balaban J connectivity index is 1.96. The molecule has 0 radical (unpaired) electrons. The predicted molar refractivity (Wildman–Crippen MR) is 66.7 cm³/mol. The zero-order chi connectivity index (χ0) is 14.5. The van der Waals surface area contributed by atoms with Crippen LogP contribution in [0.4, 0.5) is 8.78 Å². The van der Waals surface area contributed by atoms with Gasteiger partial charge in [-0.25, -0.2) is 8.78 Å². The van der Waals surface area contributed by atoms with Gasteiger partial charge in [0.2, 0.25) is 0 Å². The van der Waals surface area contributed by atoms with Crippen LogP contribution >= 0.6 is 0 Å². The highest BCUT2D eigenvalue weighted by Crippen LogP contribution is 2.24. The highest BCUT2D eigenvalue weighted by atomic mass is 19.3. The quantitative estimate of drug-likeness (QED) is 0.826. The number of hydrogen-bond acceptors (Lipinski definition) is 5. The van der Waals surface area contributed by atoms with E-state index >= 15 is 0 Å². The van der Waals surface area contributed by atoms with Gasteiger partial charge in [0, 0.05) is 12.0 Å². The Labute approximate surface area is 114 Å². The van der Waals surface area contributed by atoms with Crippen LogP contribution in [0.1, 0.15) is 11.4 Å². The molecule has 1 aromatic heterocycles. The first-order valence-corrected chi connectivity index (χ1v) is 6.04. The monoisotopic (exact) mass is 284 g/mol. The maximum absolute atomic E-state index is 11.9. The lowest BCUT2D eigenvalue weighted by molar-refractivity contribution is 0.0182. The van der Waals surface area contributed by atoms with Gasteiger partial charge in [-0.2, -0.15) is 4.98 Å². The Morgan fingerprint density at radius 2 is 2.20 bits per heavy atom. The number of rotatable bonds is 6. The molecule has 0 amide bonds. The summed E-state index contributed by atoms with van der Waals surface area (Å²) in [6.45, 7) is 1.27. The first kappa shape index (κ1) is 14.4. The van der Waals surface area contributed by atoms with Crippen LogP contribution in [0, 0.1) is 6.92 Å². The lowest BCUT2D eigenvalue weighted by Crippen LogP contribution is -2.07. The van der Waals surface area contributed by atoms with Crippen LogP contribution in [0.3, 0.4) is 0 Å². The van der Waals surface area contributed by atoms with Gasteiger partial charge in [0.05, 0.1) is 6.61 Å². The average molecular weight is 284 g/mol. The molecule has 1 aromatic carbocycles. The highest BCUT2D eigenvalue weighted by molar-refractivity contribution is 5.56. The molecule has 0 atom stereocenters. The molecule has 108 valence electrons. The maximum Gasteiger partial charge on any atom is 0.261 e. The van der Waals surface area contributed by atoms with E-state index in [-0.39, 0.29) is 12.4 Å². The topological polar surface area (TPSA) is 68.4 Å². The fourth-order valence-corrected chi connectivity index (χ4v) is 1.60. The Hall–Kier alpha value is -2.02. The minimum Gasteiger partial charge on any atom is -0.508 e. The largest absolute Gasteiger partial charge is 0.508 e. The molecule has 1 N–H and O–H groups in total. The fourth-order valence-electron chi connectivity index (χ4n) is 1.60. The summed E-state index contributed by atoms with van der Waals surface area (Å²) in [6, 6.07) is 4.92. The van der Waals surface area contributed by atoms with Gasteiger partial charge >= 0.3 is 0 Å². The van der Waals surface area contributed by atoms with Gasteiger partial charge in [0.15, 0.2) is 5.82 Å². The number of benzene rings is 1. The summed E-state index contributed by atoms with van der Waals surface area (Å²) < 4.78 is 33.5. The molecule has 0 aliphatic heterocycles. The second kappa shape index (κ2) is 6.42. The number of alkyl halides is 2. The summed E-state index contributed by atoms with van der Waals surface area (Å²) in [7, 11) is 0. The molecule has 0 fully saturated rings. The molecule has 0 unspecified atom stereocenters. The van der Waals surface area contributed by atoms with Gasteiger partial charge in [0.25, 0.3) is 12.3 Å². The number of hydrogen-bond donors (Lipinski definition) is 1. The van der Waals surface area contributed by atoms with Crippen LogP contribution in [-0.2, 0) is 11.2 Å². The molecule has 5 nitrogen and oxygen atoms in total. The number of halogens is 2. The summed E-state index contributed by atoms with van der Waals surface area (Å²) in [4.78, 5) is 4.14. The van der Waals surface area contributed by atoms with E-state index < -0.39 is 13.0 Å². The molecule has 0 saturated carbocycles. The highest BCUT2D eigenvalue weighted by Gasteiger charge is 2.10.